The molecular weight excluding hydrogens is 394 g/mol. The van der Waals surface area contributed by atoms with Gasteiger partial charge in [0.25, 0.3) is 0 Å². The third-order valence-electron chi connectivity index (χ3n) is 4.02. The number of aromatic amines is 1. The Morgan fingerprint density at radius 2 is 1.92 bits per heavy atom. The number of imidazole rings is 1. The van der Waals surface area contributed by atoms with Gasteiger partial charge in [-0.15, -0.1) is 0 Å². The molecule has 2 aromatic heterocycles. The highest BCUT2D eigenvalue weighted by atomic mass is 79.9. The summed E-state index contributed by atoms with van der Waals surface area (Å²) in [5, 5.41) is 0.914. The van der Waals surface area contributed by atoms with Crippen LogP contribution in [0.15, 0.2) is 53.1 Å². The van der Waals surface area contributed by atoms with E-state index < -0.39 is 11.7 Å². The fraction of sp³-hybridized carbons (Fsp3) is 0.200. The van der Waals surface area contributed by atoms with Crippen molar-refractivity contribution in [2.75, 3.05) is 0 Å². The summed E-state index contributed by atoms with van der Waals surface area (Å²) in [6, 6.07) is 13.7. The molecule has 2 heterocycles. The van der Waals surface area contributed by atoms with Crippen LogP contribution in [-0.2, 0) is 4.74 Å². The topological polar surface area (TPSA) is 59.9 Å². The molecule has 4 aromatic rings. The van der Waals surface area contributed by atoms with Crippen molar-refractivity contribution < 1.29 is 9.53 Å². The SMILES string of the molecule is CC(C)(C)OC(=O)n1cc(Br)c2c(-c3nc4ccccc4[nH]3)cccc21. The third-order valence-corrected chi connectivity index (χ3v) is 4.62. The number of para-hydroxylation sites is 2. The number of hydrogen-bond donors (Lipinski definition) is 1. The van der Waals surface area contributed by atoms with Crippen molar-refractivity contribution in [3.63, 3.8) is 0 Å². The third kappa shape index (κ3) is 2.90. The van der Waals surface area contributed by atoms with E-state index in [9.17, 15) is 4.79 Å². The molecular formula is C20H18BrN3O2. The molecule has 132 valence electrons. The van der Waals surface area contributed by atoms with E-state index in [1.807, 2.05) is 63.2 Å². The highest BCUT2D eigenvalue weighted by Crippen LogP contribution is 2.35. The van der Waals surface area contributed by atoms with E-state index in [4.69, 9.17) is 4.74 Å². The van der Waals surface area contributed by atoms with Crippen molar-refractivity contribution in [2.24, 2.45) is 0 Å². The molecule has 0 spiro atoms. The summed E-state index contributed by atoms with van der Waals surface area (Å²) in [7, 11) is 0. The first-order valence-corrected chi connectivity index (χ1v) is 9.11. The van der Waals surface area contributed by atoms with Gasteiger partial charge >= 0.3 is 6.09 Å². The highest BCUT2D eigenvalue weighted by Gasteiger charge is 2.22. The highest BCUT2D eigenvalue weighted by molar-refractivity contribution is 9.10. The average Bonchev–Trinajstić information content (AvgIpc) is 3.15. The lowest BCUT2D eigenvalue weighted by atomic mass is 10.1. The number of rotatable bonds is 1. The molecule has 0 aliphatic carbocycles. The van der Waals surface area contributed by atoms with E-state index in [2.05, 4.69) is 25.9 Å². The first kappa shape index (κ1) is 16.8. The summed E-state index contributed by atoms with van der Waals surface area (Å²) >= 11 is 3.59. The van der Waals surface area contributed by atoms with E-state index in [1.54, 1.807) is 6.20 Å². The maximum atomic E-state index is 12.6. The number of aromatic nitrogens is 3. The summed E-state index contributed by atoms with van der Waals surface area (Å²) in [5.41, 5.74) is 3.01. The smallest absolute Gasteiger partial charge is 0.419 e. The number of halogens is 1. The first-order chi connectivity index (χ1) is 12.3. The molecule has 0 aliphatic heterocycles. The zero-order valence-electron chi connectivity index (χ0n) is 14.7. The van der Waals surface area contributed by atoms with E-state index in [-0.39, 0.29) is 0 Å². The fourth-order valence-corrected chi connectivity index (χ4v) is 3.60. The van der Waals surface area contributed by atoms with Crippen LogP contribution in [0.25, 0.3) is 33.3 Å². The molecule has 0 unspecified atom stereocenters. The Morgan fingerprint density at radius 1 is 1.15 bits per heavy atom. The van der Waals surface area contributed by atoms with Crippen LogP contribution < -0.4 is 0 Å². The Hall–Kier alpha value is -2.60. The largest absolute Gasteiger partial charge is 0.443 e. The molecule has 6 heteroatoms. The summed E-state index contributed by atoms with van der Waals surface area (Å²) in [4.78, 5) is 20.6. The summed E-state index contributed by atoms with van der Waals surface area (Å²) in [5.74, 6) is 0.763. The van der Waals surface area contributed by atoms with Gasteiger partial charge in [0.1, 0.15) is 11.4 Å². The molecule has 0 bridgehead atoms. The van der Waals surface area contributed by atoms with Crippen LogP contribution in [0.5, 0.6) is 0 Å². The minimum Gasteiger partial charge on any atom is -0.443 e. The summed E-state index contributed by atoms with van der Waals surface area (Å²) in [6.45, 7) is 5.56. The molecule has 2 aromatic carbocycles. The minimum absolute atomic E-state index is 0.407. The predicted octanol–water partition coefficient (Wildman–Crippen LogP) is 5.73. The number of fused-ring (bicyclic) bond motifs is 2. The average molecular weight is 412 g/mol. The van der Waals surface area contributed by atoms with Crippen LogP contribution >= 0.6 is 15.9 Å². The number of ether oxygens (including phenoxy) is 1. The molecule has 5 nitrogen and oxygen atoms in total. The van der Waals surface area contributed by atoms with Gasteiger partial charge in [-0.1, -0.05) is 24.3 Å². The van der Waals surface area contributed by atoms with E-state index in [0.717, 1.165) is 37.8 Å². The summed E-state index contributed by atoms with van der Waals surface area (Å²) < 4.78 is 7.86. The molecule has 4 rings (SSSR count). The van der Waals surface area contributed by atoms with Crippen LogP contribution in [0.4, 0.5) is 4.79 Å². The van der Waals surface area contributed by atoms with Crippen molar-refractivity contribution >= 4 is 44.0 Å². The second-order valence-electron chi connectivity index (χ2n) is 7.13. The van der Waals surface area contributed by atoms with Crippen LogP contribution in [0, 0.1) is 0 Å². The quantitative estimate of drug-likeness (QED) is 0.434. The molecule has 0 saturated heterocycles. The lowest BCUT2D eigenvalue weighted by Gasteiger charge is -2.19. The van der Waals surface area contributed by atoms with Crippen molar-refractivity contribution in [1.82, 2.24) is 14.5 Å². The van der Waals surface area contributed by atoms with E-state index in [1.165, 1.54) is 4.57 Å². The van der Waals surface area contributed by atoms with Gasteiger partial charge in [-0.25, -0.2) is 9.78 Å². The molecule has 0 aliphatic rings. The number of nitrogens with zero attached hydrogens (tertiary/aromatic N) is 2. The fourth-order valence-electron chi connectivity index (χ4n) is 2.98. The van der Waals surface area contributed by atoms with Crippen LogP contribution in [0.2, 0.25) is 0 Å². The number of benzene rings is 2. The molecule has 0 atom stereocenters. The van der Waals surface area contributed by atoms with Gasteiger partial charge in [0.05, 0.1) is 16.6 Å². The lowest BCUT2D eigenvalue weighted by Crippen LogP contribution is -2.26. The van der Waals surface area contributed by atoms with Crippen molar-refractivity contribution in [1.29, 1.82) is 0 Å². The van der Waals surface area contributed by atoms with Crippen molar-refractivity contribution in [3.8, 4) is 11.4 Å². The Kier molecular flexibility index (Phi) is 3.88. The number of carbonyl (C=O) groups is 1. The number of carbonyl (C=O) groups excluding carboxylic acids is 1. The van der Waals surface area contributed by atoms with Gasteiger partial charge in [0, 0.05) is 21.6 Å². The van der Waals surface area contributed by atoms with Gasteiger partial charge in [-0.2, -0.15) is 0 Å². The predicted molar refractivity (Wildman–Crippen MR) is 106 cm³/mol. The number of H-pyrrole nitrogens is 1. The summed E-state index contributed by atoms with van der Waals surface area (Å²) in [6.07, 6.45) is 1.33. The Bertz CT molecular complexity index is 1100. The molecule has 0 amide bonds. The minimum atomic E-state index is -0.559. The Morgan fingerprint density at radius 3 is 2.65 bits per heavy atom. The Balaban J connectivity index is 1.88. The van der Waals surface area contributed by atoms with Crippen molar-refractivity contribution in [3.05, 3.63) is 53.1 Å². The van der Waals surface area contributed by atoms with Gasteiger partial charge in [0.15, 0.2) is 0 Å². The van der Waals surface area contributed by atoms with Crippen LogP contribution in [-0.4, -0.2) is 26.2 Å². The van der Waals surface area contributed by atoms with Crippen LogP contribution in [0.1, 0.15) is 20.8 Å². The van der Waals surface area contributed by atoms with Crippen LogP contribution in [0.3, 0.4) is 0 Å². The molecule has 0 radical (unpaired) electrons. The number of hydrogen-bond acceptors (Lipinski definition) is 3. The number of nitrogens with one attached hydrogen (secondary N) is 1. The van der Waals surface area contributed by atoms with E-state index >= 15 is 0 Å². The lowest BCUT2D eigenvalue weighted by molar-refractivity contribution is 0.0544. The van der Waals surface area contributed by atoms with E-state index in [0.29, 0.717) is 0 Å². The second-order valence-corrected chi connectivity index (χ2v) is 7.98. The molecule has 0 fully saturated rings. The van der Waals surface area contributed by atoms with Gasteiger partial charge in [0.2, 0.25) is 0 Å². The first-order valence-electron chi connectivity index (χ1n) is 8.31. The maximum Gasteiger partial charge on any atom is 0.419 e. The monoisotopic (exact) mass is 411 g/mol. The maximum absolute atomic E-state index is 12.6. The van der Waals surface area contributed by atoms with Gasteiger partial charge < -0.3 is 9.72 Å². The normalized spacial score (nSPS) is 12.0. The Labute approximate surface area is 159 Å². The molecule has 0 saturated carbocycles. The van der Waals surface area contributed by atoms with Gasteiger partial charge in [-0.3, -0.25) is 4.57 Å². The second kappa shape index (κ2) is 5.99. The zero-order chi connectivity index (χ0) is 18.5. The van der Waals surface area contributed by atoms with Crippen molar-refractivity contribution in [2.45, 2.75) is 26.4 Å². The molecule has 1 N–H and O–H groups in total. The molecule has 26 heavy (non-hydrogen) atoms. The zero-order valence-corrected chi connectivity index (χ0v) is 16.3. The van der Waals surface area contributed by atoms with Gasteiger partial charge in [-0.05, 0) is 54.9 Å². The standard InChI is InChI=1S/C20H18BrN3O2/c1-20(2,3)26-19(25)24-11-13(21)17-12(7-6-10-16(17)24)18-22-14-8-4-5-9-15(14)23-18/h4-11H,1-3H3,(H,22,23).